The fraction of sp³-hybridized carbons (Fsp3) is 0.500. The van der Waals surface area contributed by atoms with Crippen molar-refractivity contribution >= 4 is 39.9 Å². The molecule has 7 nitrogen and oxygen atoms in total. The average molecular weight is 523 g/mol. The van der Waals surface area contributed by atoms with Crippen LogP contribution in [0.15, 0.2) is 52.3 Å². The molecular weight excluding hydrogens is 484 g/mol. The Hall–Kier alpha value is -1.91. The number of benzene rings is 2. The van der Waals surface area contributed by atoms with Crippen molar-refractivity contribution in [2.24, 2.45) is 0 Å². The van der Waals surface area contributed by atoms with Gasteiger partial charge in [0.15, 0.2) is 0 Å². The van der Waals surface area contributed by atoms with E-state index in [4.69, 9.17) is 9.84 Å². The second kappa shape index (κ2) is 12.4. The lowest BCUT2D eigenvalue weighted by atomic mass is 9.87. The molecule has 35 heavy (non-hydrogen) atoms. The molecule has 0 aliphatic carbocycles. The Bertz CT molecular complexity index is 979. The minimum absolute atomic E-state index is 0.00758. The summed E-state index contributed by atoms with van der Waals surface area (Å²) < 4.78 is 32.2. The van der Waals surface area contributed by atoms with Gasteiger partial charge in [-0.15, -0.1) is 22.5 Å². The lowest BCUT2D eigenvalue weighted by molar-refractivity contribution is -0.137. The Morgan fingerprint density at radius 3 is 2.37 bits per heavy atom. The Morgan fingerprint density at radius 2 is 1.80 bits per heavy atom. The van der Waals surface area contributed by atoms with E-state index >= 15 is 0 Å². The molecule has 2 aromatic carbocycles. The number of rotatable bonds is 12. The largest absolute Gasteiger partial charge is 0.492 e. The average Bonchev–Trinajstić information content (AvgIpc) is 2.93. The summed E-state index contributed by atoms with van der Waals surface area (Å²) in [5, 5.41) is 9.01. The zero-order valence-electron chi connectivity index (χ0n) is 20.8. The van der Waals surface area contributed by atoms with Crippen LogP contribution in [0.3, 0.4) is 0 Å². The van der Waals surface area contributed by atoms with E-state index in [1.165, 1.54) is 11.8 Å². The molecule has 0 bridgehead atoms. The van der Waals surface area contributed by atoms with Crippen LogP contribution in [0.2, 0.25) is 0 Å². The minimum atomic E-state index is -3.37. The first kappa shape index (κ1) is 27.7. The van der Waals surface area contributed by atoms with E-state index in [2.05, 4.69) is 23.5 Å². The number of unbranched alkanes of at least 4 members (excludes halogenated alkanes) is 2. The predicted octanol–water partition coefficient (Wildman–Crippen LogP) is 7.15. The number of hydrogen-bond donors (Lipinski definition) is 4. The van der Waals surface area contributed by atoms with Crippen LogP contribution in [0.25, 0.3) is 0 Å². The van der Waals surface area contributed by atoms with Crippen LogP contribution in [-0.2, 0) is 4.79 Å². The van der Waals surface area contributed by atoms with E-state index in [1.807, 2.05) is 42.7 Å². The number of nitrogens with zero attached hydrogens (tertiary/aromatic N) is 1. The number of carboxylic acids is 1. The molecule has 0 saturated carbocycles. The van der Waals surface area contributed by atoms with Gasteiger partial charge in [-0.2, -0.15) is 0 Å². The summed E-state index contributed by atoms with van der Waals surface area (Å²) in [5.41, 5.74) is 1.23. The van der Waals surface area contributed by atoms with E-state index in [-0.39, 0.29) is 13.0 Å². The normalized spacial score (nSPS) is 17.3. The van der Waals surface area contributed by atoms with Gasteiger partial charge >= 0.3 is 5.97 Å². The maximum atomic E-state index is 11.6. The van der Waals surface area contributed by atoms with Crippen molar-refractivity contribution in [2.75, 3.05) is 24.3 Å². The van der Waals surface area contributed by atoms with E-state index in [0.29, 0.717) is 17.2 Å². The number of carboxylic acid groups (broad SMARTS) is 1. The third-order valence-corrected chi connectivity index (χ3v) is 8.74. The van der Waals surface area contributed by atoms with Gasteiger partial charge in [-0.3, -0.25) is 13.9 Å². The molecule has 2 aromatic rings. The highest BCUT2D eigenvalue weighted by molar-refractivity contribution is 8.22. The molecule has 0 spiro atoms. The summed E-state index contributed by atoms with van der Waals surface area (Å²) in [6.07, 6.45) is 7.44. The molecule has 0 unspecified atom stereocenters. The van der Waals surface area contributed by atoms with Gasteiger partial charge in [-0.25, -0.2) is 4.72 Å². The standard InChI is InChI=1S/C26H38N2O5S2/c1-4-6-14-26(15-7-5-2)19-28(20-11-9-8-10-12-20)21-17-23(34-3)22(33-16-13-25(29)30)18-24(21)35(31,32)27-26/h8-12,17-18,27,31-32H,4-7,13-16,19H2,1-3H3,(H,29,30). The van der Waals surface area contributed by atoms with Crippen LogP contribution in [0, 0.1) is 0 Å². The highest BCUT2D eigenvalue weighted by Crippen LogP contribution is 2.57. The number of para-hydroxylation sites is 1. The third kappa shape index (κ3) is 6.86. The predicted molar refractivity (Wildman–Crippen MR) is 145 cm³/mol. The van der Waals surface area contributed by atoms with E-state index in [0.717, 1.165) is 54.8 Å². The number of aliphatic carboxylic acids is 1. The van der Waals surface area contributed by atoms with Crippen molar-refractivity contribution in [2.45, 2.75) is 74.1 Å². The summed E-state index contributed by atoms with van der Waals surface area (Å²) in [5.74, 6) is -0.481. The van der Waals surface area contributed by atoms with E-state index < -0.39 is 22.3 Å². The molecule has 0 aromatic heterocycles. The zero-order chi connectivity index (χ0) is 25.5. The van der Waals surface area contributed by atoms with Crippen LogP contribution >= 0.6 is 22.5 Å². The molecule has 1 aliphatic heterocycles. The molecule has 0 saturated heterocycles. The summed E-state index contributed by atoms with van der Waals surface area (Å²) in [7, 11) is -3.37. The molecule has 9 heteroatoms. The Balaban J connectivity index is 2.16. The van der Waals surface area contributed by atoms with Crippen molar-refractivity contribution in [3.63, 3.8) is 0 Å². The first-order valence-electron chi connectivity index (χ1n) is 12.2. The van der Waals surface area contributed by atoms with Crippen LogP contribution < -0.4 is 14.4 Å². The first-order chi connectivity index (χ1) is 16.7. The third-order valence-electron chi connectivity index (χ3n) is 6.32. The Kier molecular flexibility index (Phi) is 9.77. The summed E-state index contributed by atoms with van der Waals surface area (Å²) in [6.45, 7) is 4.91. The van der Waals surface area contributed by atoms with E-state index in [1.54, 1.807) is 6.07 Å². The number of anilines is 2. The Morgan fingerprint density at radius 1 is 1.14 bits per heavy atom. The maximum absolute atomic E-state index is 11.6. The van der Waals surface area contributed by atoms with Gasteiger partial charge in [0, 0.05) is 18.3 Å². The molecule has 194 valence electrons. The fourth-order valence-electron chi connectivity index (χ4n) is 4.52. The molecule has 0 radical (unpaired) electrons. The second-order valence-electron chi connectivity index (χ2n) is 9.02. The smallest absolute Gasteiger partial charge is 0.306 e. The molecular formula is C26H38N2O5S2. The van der Waals surface area contributed by atoms with Gasteiger partial charge in [0.05, 0.1) is 29.1 Å². The molecule has 0 atom stereocenters. The first-order valence-corrected chi connectivity index (χ1v) is 15.0. The SMILES string of the molecule is CCCCC1(CCCC)CN(c2ccccc2)c2cc(SC)c(OCCC(=O)O)cc2S(O)(O)N1. The van der Waals surface area contributed by atoms with Crippen molar-refractivity contribution in [1.82, 2.24) is 4.72 Å². The summed E-state index contributed by atoms with van der Waals surface area (Å²) >= 11 is 1.49. The number of carbonyl (C=O) groups is 1. The molecule has 0 fully saturated rings. The Labute approximate surface area is 214 Å². The highest BCUT2D eigenvalue weighted by atomic mass is 32.3. The van der Waals surface area contributed by atoms with Crippen LogP contribution in [-0.4, -0.2) is 45.1 Å². The fourth-order valence-corrected chi connectivity index (χ4v) is 6.78. The van der Waals surface area contributed by atoms with Crippen LogP contribution in [0.1, 0.15) is 58.8 Å². The molecule has 1 aliphatic rings. The lowest BCUT2D eigenvalue weighted by Gasteiger charge is -2.43. The minimum Gasteiger partial charge on any atom is -0.492 e. The van der Waals surface area contributed by atoms with Crippen molar-refractivity contribution in [3.8, 4) is 5.75 Å². The van der Waals surface area contributed by atoms with Gasteiger partial charge in [0.1, 0.15) is 10.6 Å². The number of nitrogens with one attached hydrogen (secondary N) is 1. The van der Waals surface area contributed by atoms with E-state index in [9.17, 15) is 13.9 Å². The van der Waals surface area contributed by atoms with Gasteiger partial charge in [0.25, 0.3) is 0 Å². The lowest BCUT2D eigenvalue weighted by Crippen LogP contribution is -2.51. The molecule has 1 heterocycles. The van der Waals surface area contributed by atoms with Gasteiger partial charge in [-0.1, -0.05) is 57.7 Å². The monoisotopic (exact) mass is 522 g/mol. The highest BCUT2D eigenvalue weighted by Gasteiger charge is 2.42. The van der Waals surface area contributed by atoms with Crippen LogP contribution in [0.5, 0.6) is 5.75 Å². The number of hydrogen-bond acceptors (Lipinski definition) is 7. The van der Waals surface area contributed by atoms with Crippen LogP contribution in [0.4, 0.5) is 11.4 Å². The van der Waals surface area contributed by atoms with Gasteiger partial charge < -0.3 is 14.7 Å². The molecule has 4 N–H and O–H groups in total. The quantitative estimate of drug-likeness (QED) is 0.218. The van der Waals surface area contributed by atoms with Crippen molar-refractivity contribution < 1.29 is 23.7 Å². The van der Waals surface area contributed by atoms with Crippen molar-refractivity contribution in [3.05, 3.63) is 42.5 Å². The number of thioether (sulfide) groups is 1. The summed E-state index contributed by atoms with van der Waals surface area (Å²) in [4.78, 5) is 14.4. The summed E-state index contributed by atoms with van der Waals surface area (Å²) in [6, 6.07) is 13.7. The molecule has 3 rings (SSSR count). The molecule has 0 amide bonds. The zero-order valence-corrected chi connectivity index (χ0v) is 22.5. The number of ether oxygens (including phenoxy) is 1. The maximum Gasteiger partial charge on any atom is 0.306 e. The van der Waals surface area contributed by atoms with Gasteiger partial charge in [0.2, 0.25) is 0 Å². The van der Waals surface area contributed by atoms with Crippen molar-refractivity contribution in [1.29, 1.82) is 0 Å². The number of fused-ring (bicyclic) bond motifs is 1. The topological polar surface area (TPSA) is 102 Å². The van der Waals surface area contributed by atoms with Gasteiger partial charge in [-0.05, 0) is 37.3 Å². The second-order valence-corrected chi connectivity index (χ2v) is 11.6.